The second kappa shape index (κ2) is 7.01. The first-order chi connectivity index (χ1) is 8.58. The summed E-state index contributed by atoms with van der Waals surface area (Å²) in [6.07, 6.45) is 1.68. The van der Waals surface area contributed by atoms with E-state index >= 15 is 0 Å². The van der Waals surface area contributed by atoms with E-state index in [1.54, 1.807) is 7.11 Å². The molecule has 0 saturated heterocycles. The van der Waals surface area contributed by atoms with E-state index in [2.05, 4.69) is 0 Å². The number of ether oxygens (including phenoxy) is 1. The van der Waals surface area contributed by atoms with E-state index in [1.807, 2.05) is 31.2 Å². The Morgan fingerprint density at radius 3 is 2.44 bits per heavy atom. The van der Waals surface area contributed by atoms with Gasteiger partial charge in [0.15, 0.2) is 0 Å². The van der Waals surface area contributed by atoms with Gasteiger partial charge in [-0.2, -0.15) is 0 Å². The highest BCUT2D eigenvalue weighted by molar-refractivity contribution is 5.70. The second-order valence-corrected chi connectivity index (χ2v) is 4.54. The van der Waals surface area contributed by atoms with Crippen LogP contribution in [-0.4, -0.2) is 24.7 Å². The van der Waals surface area contributed by atoms with E-state index < -0.39 is 11.9 Å². The van der Waals surface area contributed by atoms with E-state index in [0.717, 1.165) is 18.6 Å². The molecule has 1 aromatic carbocycles. The Bertz CT molecular complexity index is 375. The van der Waals surface area contributed by atoms with E-state index in [1.165, 1.54) is 5.56 Å². The highest BCUT2D eigenvalue weighted by atomic mass is 16.5. The lowest BCUT2D eigenvalue weighted by atomic mass is 9.89. The van der Waals surface area contributed by atoms with Gasteiger partial charge in [-0.3, -0.25) is 4.79 Å². The molecule has 0 heterocycles. The van der Waals surface area contributed by atoms with Crippen LogP contribution >= 0.6 is 0 Å². The van der Waals surface area contributed by atoms with Gasteiger partial charge in [-0.05, 0) is 36.5 Å². The third kappa shape index (κ3) is 4.04. The minimum atomic E-state index is -0.806. The molecule has 2 unspecified atom stereocenters. The van der Waals surface area contributed by atoms with Gasteiger partial charge in [0, 0.05) is 6.54 Å². The number of hydrogen-bond donors (Lipinski definition) is 2. The minimum absolute atomic E-state index is 0.0783. The molecule has 4 heteroatoms. The lowest BCUT2D eigenvalue weighted by molar-refractivity contribution is -0.143. The molecule has 18 heavy (non-hydrogen) atoms. The highest BCUT2D eigenvalue weighted by Gasteiger charge is 2.22. The SMILES string of the molecule is COc1ccc(CCC(C)C(CN)C(=O)O)cc1. The van der Waals surface area contributed by atoms with Crippen molar-refractivity contribution in [3.63, 3.8) is 0 Å². The van der Waals surface area contributed by atoms with Crippen LogP contribution in [0, 0.1) is 11.8 Å². The van der Waals surface area contributed by atoms with Crippen LogP contribution in [0.3, 0.4) is 0 Å². The summed E-state index contributed by atoms with van der Waals surface area (Å²) in [7, 11) is 1.63. The molecule has 4 nitrogen and oxygen atoms in total. The molecular weight excluding hydrogens is 230 g/mol. The largest absolute Gasteiger partial charge is 0.497 e. The zero-order valence-electron chi connectivity index (χ0n) is 10.9. The van der Waals surface area contributed by atoms with Crippen molar-refractivity contribution in [3.8, 4) is 5.75 Å². The Morgan fingerprint density at radius 1 is 1.39 bits per heavy atom. The van der Waals surface area contributed by atoms with Crippen molar-refractivity contribution >= 4 is 5.97 Å². The number of aryl methyl sites for hydroxylation is 1. The van der Waals surface area contributed by atoms with Gasteiger partial charge in [-0.15, -0.1) is 0 Å². The molecule has 0 aliphatic heterocycles. The normalized spacial score (nSPS) is 13.9. The average molecular weight is 251 g/mol. The molecule has 0 spiro atoms. The van der Waals surface area contributed by atoms with Crippen LogP contribution in [0.25, 0.3) is 0 Å². The third-order valence-corrected chi connectivity index (χ3v) is 3.31. The van der Waals surface area contributed by atoms with Crippen LogP contribution in [-0.2, 0) is 11.2 Å². The number of nitrogens with two attached hydrogens (primary N) is 1. The van der Waals surface area contributed by atoms with Gasteiger partial charge in [0.2, 0.25) is 0 Å². The molecule has 3 N–H and O–H groups in total. The Morgan fingerprint density at radius 2 is 2.00 bits per heavy atom. The summed E-state index contributed by atoms with van der Waals surface area (Å²) in [5, 5.41) is 9.01. The van der Waals surface area contributed by atoms with Crippen LogP contribution in [0.5, 0.6) is 5.75 Å². The number of rotatable bonds is 7. The lowest BCUT2D eigenvalue weighted by Gasteiger charge is -2.18. The van der Waals surface area contributed by atoms with Crippen molar-refractivity contribution in [2.24, 2.45) is 17.6 Å². The maximum Gasteiger partial charge on any atom is 0.308 e. The molecule has 1 aromatic rings. The lowest BCUT2D eigenvalue weighted by Crippen LogP contribution is -2.29. The predicted octanol–water partition coefficient (Wildman–Crippen LogP) is 1.92. The van der Waals surface area contributed by atoms with Crippen molar-refractivity contribution in [2.75, 3.05) is 13.7 Å². The number of benzene rings is 1. The molecule has 0 radical (unpaired) electrons. The van der Waals surface area contributed by atoms with Crippen LogP contribution in [0.1, 0.15) is 18.9 Å². The van der Waals surface area contributed by atoms with Crippen LogP contribution in [0.4, 0.5) is 0 Å². The number of methoxy groups -OCH3 is 1. The van der Waals surface area contributed by atoms with Gasteiger partial charge < -0.3 is 15.6 Å². The van der Waals surface area contributed by atoms with Crippen molar-refractivity contribution in [3.05, 3.63) is 29.8 Å². The summed E-state index contributed by atoms with van der Waals surface area (Å²) in [6.45, 7) is 2.13. The van der Waals surface area contributed by atoms with E-state index in [9.17, 15) is 4.79 Å². The molecule has 100 valence electrons. The molecule has 0 bridgehead atoms. The first kappa shape index (κ1) is 14.5. The Kier molecular flexibility index (Phi) is 5.65. The molecule has 2 atom stereocenters. The Balaban J connectivity index is 2.50. The Hall–Kier alpha value is -1.55. The summed E-state index contributed by atoms with van der Waals surface area (Å²) in [4.78, 5) is 11.0. The van der Waals surface area contributed by atoms with Gasteiger partial charge in [0.1, 0.15) is 5.75 Å². The van der Waals surface area contributed by atoms with Crippen molar-refractivity contribution in [1.82, 2.24) is 0 Å². The van der Waals surface area contributed by atoms with Crippen LogP contribution < -0.4 is 10.5 Å². The topological polar surface area (TPSA) is 72.5 Å². The molecule has 0 aromatic heterocycles. The van der Waals surface area contributed by atoms with Crippen molar-refractivity contribution in [2.45, 2.75) is 19.8 Å². The number of carbonyl (C=O) groups is 1. The van der Waals surface area contributed by atoms with Crippen LogP contribution in [0.15, 0.2) is 24.3 Å². The van der Waals surface area contributed by atoms with Crippen molar-refractivity contribution in [1.29, 1.82) is 0 Å². The monoisotopic (exact) mass is 251 g/mol. The third-order valence-electron chi connectivity index (χ3n) is 3.31. The van der Waals surface area contributed by atoms with Gasteiger partial charge in [-0.25, -0.2) is 0 Å². The Labute approximate surface area is 108 Å². The fourth-order valence-corrected chi connectivity index (χ4v) is 1.96. The van der Waals surface area contributed by atoms with E-state index in [-0.39, 0.29) is 12.5 Å². The van der Waals surface area contributed by atoms with Crippen LogP contribution in [0.2, 0.25) is 0 Å². The predicted molar refractivity (Wildman–Crippen MR) is 70.7 cm³/mol. The number of carboxylic acids is 1. The van der Waals surface area contributed by atoms with Crippen molar-refractivity contribution < 1.29 is 14.6 Å². The number of aliphatic carboxylic acids is 1. The van der Waals surface area contributed by atoms with E-state index in [0.29, 0.717) is 0 Å². The quantitative estimate of drug-likeness (QED) is 0.776. The summed E-state index contributed by atoms with van der Waals surface area (Å²) in [5.74, 6) is -0.352. The second-order valence-electron chi connectivity index (χ2n) is 4.54. The summed E-state index contributed by atoms with van der Waals surface area (Å²) >= 11 is 0. The molecule has 0 amide bonds. The minimum Gasteiger partial charge on any atom is -0.497 e. The maximum absolute atomic E-state index is 11.0. The standard InChI is InChI=1S/C14H21NO3/c1-10(13(9-15)14(16)17)3-4-11-5-7-12(18-2)8-6-11/h5-8,10,13H,3-4,9,15H2,1-2H3,(H,16,17). The fourth-order valence-electron chi connectivity index (χ4n) is 1.96. The maximum atomic E-state index is 11.0. The van der Waals surface area contributed by atoms with Gasteiger partial charge in [0.25, 0.3) is 0 Å². The molecule has 1 rings (SSSR count). The highest BCUT2D eigenvalue weighted by Crippen LogP contribution is 2.19. The van der Waals surface area contributed by atoms with E-state index in [4.69, 9.17) is 15.6 Å². The summed E-state index contributed by atoms with van der Waals surface area (Å²) < 4.78 is 5.09. The first-order valence-electron chi connectivity index (χ1n) is 6.14. The molecular formula is C14H21NO3. The molecule has 0 fully saturated rings. The number of hydrogen-bond acceptors (Lipinski definition) is 3. The fraction of sp³-hybridized carbons (Fsp3) is 0.500. The van der Waals surface area contributed by atoms with Gasteiger partial charge >= 0.3 is 5.97 Å². The number of carboxylic acid groups (broad SMARTS) is 1. The zero-order chi connectivity index (χ0) is 13.5. The molecule has 0 aliphatic carbocycles. The zero-order valence-corrected chi connectivity index (χ0v) is 10.9. The van der Waals surface area contributed by atoms with Gasteiger partial charge in [-0.1, -0.05) is 19.1 Å². The smallest absolute Gasteiger partial charge is 0.308 e. The van der Waals surface area contributed by atoms with Gasteiger partial charge in [0.05, 0.1) is 13.0 Å². The first-order valence-corrected chi connectivity index (χ1v) is 6.14. The summed E-state index contributed by atoms with van der Waals surface area (Å²) in [5.41, 5.74) is 6.67. The summed E-state index contributed by atoms with van der Waals surface area (Å²) in [6, 6.07) is 7.84. The molecule has 0 saturated carbocycles. The average Bonchev–Trinajstić information content (AvgIpc) is 2.37. The molecule has 0 aliphatic rings.